The Kier molecular flexibility index (Phi) is 4.52. The van der Waals surface area contributed by atoms with Crippen LogP contribution in [0.5, 0.6) is 0 Å². The van der Waals surface area contributed by atoms with Crippen LogP contribution in [0.2, 0.25) is 0 Å². The zero-order valence-electron chi connectivity index (χ0n) is 10.7. The van der Waals surface area contributed by atoms with E-state index in [1.165, 1.54) is 0 Å². The number of aromatic nitrogens is 2. The Labute approximate surface area is 97.9 Å². The first kappa shape index (κ1) is 12.7. The molecule has 0 aliphatic carbocycles. The van der Waals surface area contributed by atoms with Crippen LogP contribution in [-0.4, -0.2) is 22.6 Å². The monoisotopic (exact) mass is 222 g/mol. The fourth-order valence-corrected chi connectivity index (χ4v) is 1.69. The first-order chi connectivity index (χ1) is 7.58. The van der Waals surface area contributed by atoms with Crippen molar-refractivity contribution < 1.29 is 0 Å². The van der Waals surface area contributed by atoms with Crippen molar-refractivity contribution in [1.29, 1.82) is 0 Å². The number of hydrogen-bond donors (Lipinski definition) is 1. The lowest BCUT2D eigenvalue weighted by atomic mass is 10.3. The molecule has 1 heterocycles. The summed E-state index contributed by atoms with van der Waals surface area (Å²) in [6.07, 6.45) is 1.92. The highest BCUT2D eigenvalue weighted by atomic mass is 15.2. The normalized spacial score (nSPS) is 10.8. The summed E-state index contributed by atoms with van der Waals surface area (Å²) in [4.78, 5) is 11.0. The third-order valence-corrected chi connectivity index (χ3v) is 2.48. The lowest BCUT2D eigenvalue weighted by molar-refractivity contribution is 0.658. The molecule has 0 unspecified atom stereocenters. The fraction of sp³-hybridized carbons (Fsp3) is 0.667. The molecule has 1 rings (SSSR count). The van der Waals surface area contributed by atoms with Gasteiger partial charge in [-0.05, 0) is 20.3 Å². The Bertz CT molecular complexity index is 336. The molecular formula is C12H22N4. The van der Waals surface area contributed by atoms with Gasteiger partial charge in [0.05, 0.1) is 0 Å². The Morgan fingerprint density at radius 2 is 2.00 bits per heavy atom. The van der Waals surface area contributed by atoms with Crippen molar-refractivity contribution in [2.45, 2.75) is 46.6 Å². The van der Waals surface area contributed by atoms with Crippen LogP contribution >= 0.6 is 0 Å². The number of nitrogens with zero attached hydrogens (tertiary/aromatic N) is 3. The number of aryl methyl sites for hydroxylation is 1. The third kappa shape index (κ3) is 3.08. The van der Waals surface area contributed by atoms with E-state index in [0.717, 1.165) is 31.0 Å². The predicted octanol–water partition coefficient (Wildman–Crippen LogP) is 2.25. The fourth-order valence-electron chi connectivity index (χ4n) is 1.69. The molecule has 1 aromatic rings. The topological polar surface area (TPSA) is 55.0 Å². The van der Waals surface area contributed by atoms with E-state index < -0.39 is 0 Å². The van der Waals surface area contributed by atoms with E-state index in [9.17, 15) is 0 Å². The number of rotatable bonds is 5. The van der Waals surface area contributed by atoms with Gasteiger partial charge in [0, 0.05) is 25.1 Å². The molecule has 2 N–H and O–H groups in total. The summed E-state index contributed by atoms with van der Waals surface area (Å²) in [7, 11) is 0. The van der Waals surface area contributed by atoms with Crippen LogP contribution in [0.3, 0.4) is 0 Å². The van der Waals surface area contributed by atoms with Gasteiger partial charge in [-0.3, -0.25) is 0 Å². The molecule has 90 valence electrons. The van der Waals surface area contributed by atoms with Crippen LogP contribution in [0.4, 0.5) is 11.6 Å². The standard InChI is InChI=1S/C12H22N4/c1-5-7-16(9(3)4)12-8-10(13)14-11(6-2)15-12/h8-9H,5-7H2,1-4H3,(H2,13,14,15). The minimum absolute atomic E-state index is 0.430. The van der Waals surface area contributed by atoms with Crippen molar-refractivity contribution in [2.75, 3.05) is 17.2 Å². The molecule has 0 radical (unpaired) electrons. The lowest BCUT2D eigenvalue weighted by Crippen LogP contribution is -2.32. The van der Waals surface area contributed by atoms with Gasteiger partial charge in [0.2, 0.25) is 0 Å². The molecule has 0 bridgehead atoms. The number of nitrogens with two attached hydrogens (primary N) is 1. The molecule has 0 atom stereocenters. The van der Waals surface area contributed by atoms with E-state index in [4.69, 9.17) is 5.73 Å². The van der Waals surface area contributed by atoms with Crippen molar-refractivity contribution >= 4 is 11.6 Å². The van der Waals surface area contributed by atoms with Crippen LogP contribution < -0.4 is 10.6 Å². The average molecular weight is 222 g/mol. The maximum Gasteiger partial charge on any atom is 0.134 e. The summed E-state index contributed by atoms with van der Waals surface area (Å²) < 4.78 is 0. The molecule has 0 fully saturated rings. The second-order valence-electron chi connectivity index (χ2n) is 4.21. The first-order valence-electron chi connectivity index (χ1n) is 5.98. The van der Waals surface area contributed by atoms with Gasteiger partial charge >= 0.3 is 0 Å². The minimum Gasteiger partial charge on any atom is -0.384 e. The van der Waals surface area contributed by atoms with Gasteiger partial charge in [0.15, 0.2) is 0 Å². The van der Waals surface area contributed by atoms with Crippen LogP contribution in [0.1, 0.15) is 39.9 Å². The molecule has 4 nitrogen and oxygen atoms in total. The Morgan fingerprint density at radius 3 is 2.50 bits per heavy atom. The van der Waals surface area contributed by atoms with Crippen LogP contribution in [-0.2, 0) is 6.42 Å². The Hall–Kier alpha value is -1.32. The quantitative estimate of drug-likeness (QED) is 0.830. The Balaban J connectivity index is 3.03. The van der Waals surface area contributed by atoms with Crippen LogP contribution in [0.25, 0.3) is 0 Å². The van der Waals surface area contributed by atoms with Crippen molar-refractivity contribution in [1.82, 2.24) is 9.97 Å². The molecule has 0 amide bonds. The average Bonchev–Trinajstić information content (AvgIpc) is 2.24. The lowest BCUT2D eigenvalue weighted by Gasteiger charge is -2.27. The van der Waals surface area contributed by atoms with Gasteiger partial charge in [-0.1, -0.05) is 13.8 Å². The van der Waals surface area contributed by atoms with Gasteiger partial charge in [-0.2, -0.15) is 0 Å². The summed E-state index contributed by atoms with van der Waals surface area (Å²) in [6.45, 7) is 9.54. The summed E-state index contributed by atoms with van der Waals surface area (Å²) in [5.74, 6) is 2.32. The summed E-state index contributed by atoms with van der Waals surface area (Å²) in [6, 6.07) is 2.29. The zero-order valence-corrected chi connectivity index (χ0v) is 10.7. The van der Waals surface area contributed by atoms with E-state index in [-0.39, 0.29) is 0 Å². The number of nitrogen functional groups attached to an aromatic ring is 1. The third-order valence-electron chi connectivity index (χ3n) is 2.48. The molecule has 16 heavy (non-hydrogen) atoms. The molecule has 1 aromatic heterocycles. The zero-order chi connectivity index (χ0) is 12.1. The summed E-state index contributed by atoms with van der Waals surface area (Å²) in [5.41, 5.74) is 5.79. The molecular weight excluding hydrogens is 200 g/mol. The SMILES string of the molecule is CCCN(c1cc(N)nc(CC)n1)C(C)C. The highest BCUT2D eigenvalue weighted by Gasteiger charge is 2.12. The molecule has 0 spiro atoms. The predicted molar refractivity (Wildman–Crippen MR) is 68.6 cm³/mol. The molecule has 0 aliphatic rings. The van der Waals surface area contributed by atoms with Crippen molar-refractivity contribution in [3.8, 4) is 0 Å². The van der Waals surface area contributed by atoms with E-state index >= 15 is 0 Å². The van der Waals surface area contributed by atoms with E-state index in [1.54, 1.807) is 0 Å². The minimum atomic E-state index is 0.430. The van der Waals surface area contributed by atoms with Gasteiger partial charge < -0.3 is 10.6 Å². The van der Waals surface area contributed by atoms with Crippen molar-refractivity contribution in [2.24, 2.45) is 0 Å². The van der Waals surface area contributed by atoms with Crippen molar-refractivity contribution in [3.05, 3.63) is 11.9 Å². The van der Waals surface area contributed by atoms with Gasteiger partial charge in [-0.25, -0.2) is 9.97 Å². The van der Waals surface area contributed by atoms with Gasteiger partial charge in [-0.15, -0.1) is 0 Å². The molecule has 4 heteroatoms. The number of hydrogen-bond acceptors (Lipinski definition) is 4. The van der Waals surface area contributed by atoms with Crippen LogP contribution in [0, 0.1) is 0 Å². The Morgan fingerprint density at radius 1 is 1.31 bits per heavy atom. The smallest absolute Gasteiger partial charge is 0.134 e. The molecule has 0 saturated carbocycles. The van der Waals surface area contributed by atoms with Crippen LogP contribution in [0.15, 0.2) is 6.07 Å². The van der Waals surface area contributed by atoms with Crippen molar-refractivity contribution in [3.63, 3.8) is 0 Å². The summed E-state index contributed by atoms with van der Waals surface area (Å²) in [5, 5.41) is 0. The second kappa shape index (κ2) is 5.68. The van der Waals surface area contributed by atoms with E-state index in [2.05, 4.69) is 35.6 Å². The maximum absolute atomic E-state index is 5.79. The number of anilines is 2. The van der Waals surface area contributed by atoms with E-state index in [1.807, 2.05) is 13.0 Å². The maximum atomic E-state index is 5.79. The van der Waals surface area contributed by atoms with Gasteiger partial charge in [0.1, 0.15) is 17.5 Å². The van der Waals surface area contributed by atoms with Gasteiger partial charge in [0.25, 0.3) is 0 Å². The largest absolute Gasteiger partial charge is 0.384 e. The van der Waals surface area contributed by atoms with E-state index in [0.29, 0.717) is 11.9 Å². The molecule has 0 aromatic carbocycles. The molecule has 0 saturated heterocycles. The highest BCUT2D eigenvalue weighted by Crippen LogP contribution is 2.17. The summed E-state index contributed by atoms with van der Waals surface area (Å²) >= 11 is 0. The first-order valence-corrected chi connectivity index (χ1v) is 5.98. The second-order valence-corrected chi connectivity index (χ2v) is 4.21. The highest BCUT2D eigenvalue weighted by molar-refractivity contribution is 5.47. The molecule has 0 aliphatic heterocycles.